The molecule has 0 aliphatic heterocycles. The molecule has 0 aromatic carbocycles. The van der Waals surface area contributed by atoms with E-state index in [0.717, 1.165) is 6.07 Å². The van der Waals surface area contributed by atoms with Gasteiger partial charge in [0, 0.05) is 11.9 Å². The number of hydrogen-bond acceptors (Lipinski definition) is 5. The van der Waals surface area contributed by atoms with Gasteiger partial charge in [-0.05, 0) is 19.1 Å². The number of halogens is 6. The first-order chi connectivity index (χ1) is 10.1. The number of aromatic nitrogens is 4. The van der Waals surface area contributed by atoms with Crippen LogP contribution in [0.25, 0.3) is 0 Å². The maximum atomic E-state index is 12.7. The number of aryl methyl sites for hydroxylation is 1. The van der Waals surface area contributed by atoms with E-state index in [1.807, 2.05) is 0 Å². The van der Waals surface area contributed by atoms with E-state index in [2.05, 4.69) is 25.3 Å². The predicted octanol–water partition coefficient (Wildman–Crippen LogP) is 4.16. The van der Waals surface area contributed by atoms with Crippen LogP contribution in [0.2, 0.25) is 0 Å². The van der Waals surface area contributed by atoms with Crippen LogP contribution in [0.5, 0.6) is 0 Å². The van der Waals surface area contributed by atoms with Crippen LogP contribution in [0.1, 0.15) is 17.1 Å². The van der Waals surface area contributed by atoms with E-state index in [4.69, 9.17) is 34.8 Å². The molecule has 0 fully saturated rings. The fraction of sp³-hybridized carbons (Fsp3) is 0.273. The highest BCUT2D eigenvalue weighted by Gasteiger charge is 2.33. The Kier molecular flexibility index (Phi) is 4.65. The van der Waals surface area contributed by atoms with Gasteiger partial charge in [-0.25, -0.2) is 19.9 Å². The lowest BCUT2D eigenvalue weighted by atomic mass is 10.3. The average molecular weight is 373 g/mol. The summed E-state index contributed by atoms with van der Waals surface area (Å²) in [5.74, 6) is -0.406. The Labute approximate surface area is 137 Å². The maximum Gasteiger partial charge on any atom is 0.433 e. The lowest BCUT2D eigenvalue weighted by Gasteiger charge is -2.12. The number of nitrogens with one attached hydrogen (secondary N) is 1. The van der Waals surface area contributed by atoms with Gasteiger partial charge in [0.05, 0.1) is 5.69 Å². The zero-order valence-corrected chi connectivity index (χ0v) is 13.1. The molecular weight excluding hydrogens is 366 g/mol. The van der Waals surface area contributed by atoms with Gasteiger partial charge in [0.1, 0.15) is 5.69 Å². The molecule has 0 amide bonds. The molecular formula is C11H7Cl3F3N5. The summed E-state index contributed by atoms with van der Waals surface area (Å²) in [6.07, 6.45) is -3.31. The highest BCUT2D eigenvalue weighted by molar-refractivity contribution is 6.66. The molecule has 1 N–H and O–H groups in total. The van der Waals surface area contributed by atoms with Crippen LogP contribution in [-0.2, 0) is 9.97 Å². The number of rotatable bonds is 2. The molecule has 11 heteroatoms. The first-order valence-corrected chi connectivity index (χ1v) is 6.79. The Hall–Kier alpha value is -1.38. The van der Waals surface area contributed by atoms with Crippen molar-refractivity contribution in [3.05, 3.63) is 35.4 Å². The van der Waals surface area contributed by atoms with Gasteiger partial charge in [0.2, 0.25) is 15.7 Å². The van der Waals surface area contributed by atoms with Crippen molar-refractivity contribution in [1.29, 1.82) is 0 Å². The summed E-state index contributed by atoms with van der Waals surface area (Å²) in [6.45, 7) is 1.40. The molecule has 0 saturated heterocycles. The van der Waals surface area contributed by atoms with Crippen LogP contribution >= 0.6 is 34.8 Å². The monoisotopic (exact) mass is 371 g/mol. The van der Waals surface area contributed by atoms with E-state index in [-0.39, 0.29) is 23.3 Å². The summed E-state index contributed by atoms with van der Waals surface area (Å²) >= 11 is 17.0. The maximum absolute atomic E-state index is 12.7. The molecule has 0 bridgehead atoms. The van der Waals surface area contributed by atoms with Gasteiger partial charge in [0.25, 0.3) is 0 Å². The summed E-state index contributed by atoms with van der Waals surface area (Å²) < 4.78 is 36.3. The van der Waals surface area contributed by atoms with Gasteiger partial charge in [-0.3, -0.25) is 5.32 Å². The van der Waals surface area contributed by atoms with E-state index in [1.54, 1.807) is 0 Å². The van der Waals surface area contributed by atoms with Crippen LogP contribution in [0.15, 0.2) is 18.3 Å². The highest BCUT2D eigenvalue weighted by Crippen LogP contribution is 2.37. The van der Waals surface area contributed by atoms with Crippen molar-refractivity contribution < 1.29 is 13.2 Å². The third-order valence-corrected chi connectivity index (χ3v) is 2.90. The summed E-state index contributed by atoms with van der Waals surface area (Å²) in [6, 6.07) is 2.18. The van der Waals surface area contributed by atoms with E-state index >= 15 is 0 Å². The van der Waals surface area contributed by atoms with E-state index in [1.165, 1.54) is 19.2 Å². The topological polar surface area (TPSA) is 63.6 Å². The smallest absolute Gasteiger partial charge is 0.293 e. The molecule has 0 atom stereocenters. The standard InChI is InChI=1S/C11H7Cl3F3N5/c1-5-4-7(11(15,16)17)21-9(19-5)22-8-18-3-2-6(20-8)10(12,13)14/h2-4H,1H3,(H,18,19,20,21,22). The van der Waals surface area contributed by atoms with Crippen molar-refractivity contribution in [2.24, 2.45) is 0 Å². The average Bonchev–Trinajstić information content (AvgIpc) is 2.36. The van der Waals surface area contributed by atoms with Crippen LogP contribution in [0.4, 0.5) is 25.1 Å². The van der Waals surface area contributed by atoms with Gasteiger partial charge in [-0.1, -0.05) is 34.8 Å². The van der Waals surface area contributed by atoms with Crippen LogP contribution < -0.4 is 5.32 Å². The molecule has 0 radical (unpaired) electrons. The zero-order chi connectivity index (χ0) is 16.5. The minimum atomic E-state index is -4.59. The molecule has 2 rings (SSSR count). The summed E-state index contributed by atoms with van der Waals surface area (Å²) in [5.41, 5.74) is -0.902. The third kappa shape index (κ3) is 4.31. The van der Waals surface area contributed by atoms with Crippen LogP contribution in [0, 0.1) is 6.92 Å². The van der Waals surface area contributed by atoms with Gasteiger partial charge in [-0.15, -0.1) is 0 Å². The number of nitrogens with zero attached hydrogens (tertiary/aromatic N) is 4. The second kappa shape index (κ2) is 6.02. The van der Waals surface area contributed by atoms with Gasteiger partial charge >= 0.3 is 6.18 Å². The molecule has 0 unspecified atom stereocenters. The molecule has 118 valence electrons. The summed E-state index contributed by atoms with van der Waals surface area (Å²) in [7, 11) is 0. The van der Waals surface area contributed by atoms with E-state index in [9.17, 15) is 13.2 Å². The fourth-order valence-corrected chi connectivity index (χ4v) is 1.76. The summed E-state index contributed by atoms with van der Waals surface area (Å²) in [5, 5.41) is 2.45. The van der Waals surface area contributed by atoms with Crippen molar-refractivity contribution in [2.45, 2.75) is 16.9 Å². The largest absolute Gasteiger partial charge is 0.433 e. The molecule has 0 aliphatic carbocycles. The van der Waals surface area contributed by atoms with E-state index in [0.29, 0.717) is 0 Å². The van der Waals surface area contributed by atoms with Crippen molar-refractivity contribution >= 4 is 46.7 Å². The van der Waals surface area contributed by atoms with E-state index < -0.39 is 15.7 Å². The highest BCUT2D eigenvalue weighted by atomic mass is 35.6. The molecule has 0 spiro atoms. The minimum Gasteiger partial charge on any atom is -0.293 e. The fourth-order valence-electron chi connectivity index (χ4n) is 1.45. The molecule has 0 aliphatic rings. The number of hydrogen-bond donors (Lipinski definition) is 1. The number of alkyl halides is 6. The lowest BCUT2D eigenvalue weighted by Crippen LogP contribution is -2.13. The first kappa shape index (κ1) is 17.0. The molecule has 0 saturated carbocycles. The lowest BCUT2D eigenvalue weighted by molar-refractivity contribution is -0.141. The summed E-state index contributed by atoms with van der Waals surface area (Å²) in [4.78, 5) is 14.9. The molecule has 2 aromatic rings. The second-order valence-electron chi connectivity index (χ2n) is 4.10. The Bertz CT molecular complexity index is 687. The van der Waals surface area contributed by atoms with Crippen molar-refractivity contribution in [3.63, 3.8) is 0 Å². The minimum absolute atomic E-state index is 0.0543. The normalized spacial score (nSPS) is 12.3. The van der Waals surface area contributed by atoms with Gasteiger partial charge < -0.3 is 0 Å². The third-order valence-electron chi connectivity index (χ3n) is 2.31. The zero-order valence-electron chi connectivity index (χ0n) is 10.8. The Morgan fingerprint density at radius 1 is 1.00 bits per heavy atom. The SMILES string of the molecule is Cc1cc(C(F)(F)F)nc(Nc2nccc(C(Cl)(Cl)Cl)n2)n1. The van der Waals surface area contributed by atoms with Crippen molar-refractivity contribution in [3.8, 4) is 0 Å². The van der Waals surface area contributed by atoms with Gasteiger partial charge in [-0.2, -0.15) is 13.2 Å². The Morgan fingerprint density at radius 3 is 2.23 bits per heavy atom. The van der Waals surface area contributed by atoms with Crippen molar-refractivity contribution in [2.75, 3.05) is 5.32 Å². The molecule has 22 heavy (non-hydrogen) atoms. The predicted molar refractivity (Wildman–Crippen MR) is 76.3 cm³/mol. The second-order valence-corrected chi connectivity index (χ2v) is 6.39. The Balaban J connectivity index is 2.34. The van der Waals surface area contributed by atoms with Crippen LogP contribution in [-0.4, -0.2) is 19.9 Å². The first-order valence-electron chi connectivity index (χ1n) is 5.66. The molecule has 2 heterocycles. The van der Waals surface area contributed by atoms with Gasteiger partial charge in [0.15, 0.2) is 0 Å². The number of anilines is 2. The van der Waals surface area contributed by atoms with Crippen LogP contribution in [0.3, 0.4) is 0 Å². The quantitative estimate of drug-likeness (QED) is 0.802. The molecule has 5 nitrogen and oxygen atoms in total. The molecule has 2 aromatic heterocycles. The van der Waals surface area contributed by atoms with Crippen molar-refractivity contribution in [1.82, 2.24) is 19.9 Å². The Morgan fingerprint density at radius 2 is 1.64 bits per heavy atom.